The fourth-order valence-electron chi connectivity index (χ4n) is 4.15. The number of ether oxygens (including phenoxy) is 1. The van der Waals surface area contributed by atoms with Gasteiger partial charge in [-0.15, -0.1) is 5.10 Å². The fraction of sp³-hybridized carbons (Fsp3) is 0.458. The molecule has 2 aromatic heterocycles. The summed E-state index contributed by atoms with van der Waals surface area (Å²) in [4.78, 5) is 19.7. The van der Waals surface area contributed by atoms with Crippen molar-refractivity contribution in [2.75, 3.05) is 43.9 Å². The Morgan fingerprint density at radius 3 is 2.61 bits per heavy atom. The van der Waals surface area contributed by atoms with Crippen LogP contribution in [-0.2, 0) is 15.8 Å². The summed E-state index contributed by atoms with van der Waals surface area (Å²) in [6.07, 6.45) is 6.88. The smallest absolute Gasteiger partial charge is 0.316 e. The molecule has 3 aromatic rings. The van der Waals surface area contributed by atoms with Crippen LogP contribution in [-0.4, -0.2) is 76.7 Å². The topological polar surface area (TPSA) is 123 Å². The monoisotopic (exact) mass is 577 g/mol. The van der Waals surface area contributed by atoms with E-state index >= 15 is 0 Å². The molecule has 0 unspecified atom stereocenters. The summed E-state index contributed by atoms with van der Waals surface area (Å²) in [5.41, 5.74) is 1.12. The highest BCUT2D eigenvalue weighted by atomic mass is 35.5. The van der Waals surface area contributed by atoms with Gasteiger partial charge in [0, 0.05) is 36.6 Å². The SMILES string of the molecule is CSc1nncc(CS(=O)(=O)N2CCN(c3cnn(-c4cccc(Cl)c4)c(=O)c3OCC3(C)CC3)CC2)n1. The van der Waals surface area contributed by atoms with E-state index in [1.54, 1.807) is 36.7 Å². The molecule has 1 aliphatic carbocycles. The summed E-state index contributed by atoms with van der Waals surface area (Å²) in [6, 6.07) is 6.91. The zero-order chi connectivity index (χ0) is 26.9. The number of rotatable bonds is 9. The van der Waals surface area contributed by atoms with Crippen molar-refractivity contribution in [2.45, 2.75) is 30.7 Å². The molecule has 38 heavy (non-hydrogen) atoms. The molecule has 0 atom stereocenters. The molecule has 0 spiro atoms. The van der Waals surface area contributed by atoms with E-state index in [2.05, 4.69) is 27.2 Å². The van der Waals surface area contributed by atoms with Crippen LogP contribution in [0.25, 0.3) is 5.69 Å². The van der Waals surface area contributed by atoms with Gasteiger partial charge in [-0.1, -0.05) is 36.4 Å². The summed E-state index contributed by atoms with van der Waals surface area (Å²) in [5, 5.41) is 13.0. The van der Waals surface area contributed by atoms with Crippen molar-refractivity contribution in [3.63, 3.8) is 0 Å². The third kappa shape index (κ3) is 5.95. The molecular formula is C24H28ClN7O4S2. The third-order valence-corrected chi connectivity index (χ3v) is 9.30. The highest BCUT2D eigenvalue weighted by Gasteiger charge is 2.39. The van der Waals surface area contributed by atoms with Gasteiger partial charge in [0.15, 0.2) is 0 Å². The summed E-state index contributed by atoms with van der Waals surface area (Å²) < 4.78 is 35.0. The molecule has 5 rings (SSSR count). The van der Waals surface area contributed by atoms with Crippen molar-refractivity contribution in [1.82, 2.24) is 29.3 Å². The lowest BCUT2D eigenvalue weighted by atomic mass is 10.2. The normalized spacial score (nSPS) is 17.4. The van der Waals surface area contributed by atoms with Gasteiger partial charge >= 0.3 is 5.56 Å². The zero-order valence-corrected chi connectivity index (χ0v) is 23.5. The van der Waals surface area contributed by atoms with Crippen molar-refractivity contribution in [3.8, 4) is 11.4 Å². The van der Waals surface area contributed by atoms with Crippen LogP contribution in [0.5, 0.6) is 5.75 Å². The number of hydrogen-bond acceptors (Lipinski definition) is 10. The second-order valence-corrected chi connectivity index (χ2v) is 12.9. The molecule has 202 valence electrons. The van der Waals surface area contributed by atoms with Crippen LogP contribution < -0.4 is 15.2 Å². The molecule has 0 bridgehead atoms. The van der Waals surface area contributed by atoms with Crippen LogP contribution in [0.1, 0.15) is 25.5 Å². The molecule has 1 aromatic carbocycles. The summed E-state index contributed by atoms with van der Waals surface area (Å²) in [5.74, 6) is -0.0404. The lowest BCUT2D eigenvalue weighted by molar-refractivity contribution is 0.242. The maximum Gasteiger partial charge on any atom is 0.316 e. The van der Waals surface area contributed by atoms with Gasteiger partial charge in [-0.3, -0.25) is 4.79 Å². The van der Waals surface area contributed by atoms with Gasteiger partial charge in [0.1, 0.15) is 11.4 Å². The summed E-state index contributed by atoms with van der Waals surface area (Å²) >= 11 is 7.44. The lowest BCUT2D eigenvalue weighted by Gasteiger charge is -2.35. The number of anilines is 1. The van der Waals surface area contributed by atoms with Crippen molar-refractivity contribution < 1.29 is 13.2 Å². The van der Waals surface area contributed by atoms with E-state index in [4.69, 9.17) is 16.3 Å². The van der Waals surface area contributed by atoms with E-state index in [9.17, 15) is 13.2 Å². The van der Waals surface area contributed by atoms with Crippen LogP contribution in [0, 0.1) is 5.41 Å². The molecule has 3 heterocycles. The highest BCUT2D eigenvalue weighted by molar-refractivity contribution is 7.98. The Labute approximate surface area is 230 Å². The Morgan fingerprint density at radius 2 is 1.92 bits per heavy atom. The summed E-state index contributed by atoms with van der Waals surface area (Å²) in [7, 11) is -3.61. The molecule has 2 fully saturated rings. The Bertz CT molecular complexity index is 1490. The van der Waals surface area contributed by atoms with Crippen molar-refractivity contribution in [3.05, 3.63) is 57.7 Å². The van der Waals surface area contributed by atoms with Crippen LogP contribution in [0.2, 0.25) is 5.02 Å². The number of thioether (sulfide) groups is 1. The Hall–Kier alpha value is -2.74. The minimum absolute atomic E-state index is 0.0621. The van der Waals surface area contributed by atoms with E-state index in [0.717, 1.165) is 12.8 Å². The lowest BCUT2D eigenvalue weighted by Crippen LogP contribution is -2.49. The van der Waals surface area contributed by atoms with Crippen LogP contribution in [0.15, 0.2) is 46.6 Å². The number of sulfonamides is 1. The van der Waals surface area contributed by atoms with E-state index in [0.29, 0.717) is 46.9 Å². The molecule has 0 amide bonds. The first-order chi connectivity index (χ1) is 18.2. The average Bonchev–Trinajstić information content (AvgIpc) is 3.65. The van der Waals surface area contributed by atoms with Gasteiger partial charge in [-0.05, 0) is 37.3 Å². The molecule has 1 saturated heterocycles. The number of halogens is 1. The van der Waals surface area contributed by atoms with Crippen molar-refractivity contribution in [2.24, 2.45) is 5.41 Å². The van der Waals surface area contributed by atoms with Gasteiger partial charge in [0.2, 0.25) is 20.9 Å². The maximum atomic E-state index is 13.5. The quantitative estimate of drug-likeness (QED) is 0.351. The number of hydrogen-bond donors (Lipinski definition) is 0. The molecule has 14 heteroatoms. The van der Waals surface area contributed by atoms with Crippen LogP contribution in [0.3, 0.4) is 0 Å². The maximum absolute atomic E-state index is 13.5. The van der Waals surface area contributed by atoms with Crippen LogP contribution >= 0.6 is 23.4 Å². The Morgan fingerprint density at radius 1 is 1.16 bits per heavy atom. The van der Waals surface area contributed by atoms with Gasteiger partial charge in [-0.25, -0.2) is 13.4 Å². The van der Waals surface area contributed by atoms with Crippen molar-refractivity contribution in [1.29, 1.82) is 0 Å². The minimum atomic E-state index is -3.61. The second kappa shape index (κ2) is 10.8. The molecule has 1 saturated carbocycles. The predicted octanol–water partition coefficient (Wildman–Crippen LogP) is 2.62. The van der Waals surface area contributed by atoms with Gasteiger partial charge in [-0.2, -0.15) is 19.2 Å². The van der Waals surface area contributed by atoms with E-state index < -0.39 is 10.0 Å². The minimum Gasteiger partial charge on any atom is -0.486 e. The molecule has 2 aliphatic rings. The van der Waals surface area contributed by atoms with Crippen LogP contribution in [0.4, 0.5) is 5.69 Å². The average molecular weight is 578 g/mol. The molecule has 1 aliphatic heterocycles. The number of nitrogens with zero attached hydrogens (tertiary/aromatic N) is 7. The second-order valence-electron chi connectivity index (χ2n) is 9.73. The highest BCUT2D eigenvalue weighted by Crippen LogP contribution is 2.45. The fourth-order valence-corrected chi connectivity index (χ4v) is 6.08. The van der Waals surface area contributed by atoms with E-state index in [-0.39, 0.29) is 35.6 Å². The van der Waals surface area contributed by atoms with Gasteiger partial charge in [0.05, 0.1) is 30.4 Å². The molecule has 0 radical (unpaired) electrons. The van der Waals surface area contributed by atoms with E-state index in [1.807, 2.05) is 4.90 Å². The number of piperazine rings is 1. The third-order valence-electron chi connectivity index (χ3n) is 6.71. The van der Waals surface area contributed by atoms with Gasteiger partial charge < -0.3 is 9.64 Å². The van der Waals surface area contributed by atoms with E-state index in [1.165, 1.54) is 26.9 Å². The van der Waals surface area contributed by atoms with Crippen molar-refractivity contribution >= 4 is 39.1 Å². The van der Waals surface area contributed by atoms with Gasteiger partial charge in [0.25, 0.3) is 0 Å². The summed E-state index contributed by atoms with van der Waals surface area (Å²) in [6.45, 7) is 3.83. The number of benzene rings is 1. The first-order valence-electron chi connectivity index (χ1n) is 12.1. The first-order valence-corrected chi connectivity index (χ1v) is 15.4. The molecular weight excluding hydrogens is 550 g/mol. The molecule has 0 N–H and O–H groups in total. The standard InChI is InChI=1S/C24H28ClN7O4S2/c1-24(6-7-24)16-36-21-20(14-27-32(22(21)33)19-5-3-4-17(25)12-19)30-8-10-31(11-9-30)38(34,35)15-18-13-26-29-23(28-18)37-2/h3-5,12-14H,6-11,15-16H2,1-2H3. The Balaban J connectivity index is 1.36. The number of aromatic nitrogens is 5. The Kier molecular flexibility index (Phi) is 7.63. The predicted molar refractivity (Wildman–Crippen MR) is 146 cm³/mol. The largest absolute Gasteiger partial charge is 0.486 e. The molecule has 11 nitrogen and oxygen atoms in total. The zero-order valence-electron chi connectivity index (χ0n) is 21.1. The first kappa shape index (κ1) is 26.9.